The van der Waals surface area contributed by atoms with Crippen molar-refractivity contribution in [3.8, 4) is 0 Å². The molecule has 0 unspecified atom stereocenters. The largest absolute Gasteiger partial charge is 0.384 e. The summed E-state index contributed by atoms with van der Waals surface area (Å²) in [5.41, 5.74) is 0.780. The Labute approximate surface area is 149 Å². The number of ether oxygens (including phenoxy) is 1. The van der Waals surface area contributed by atoms with Gasteiger partial charge in [0.1, 0.15) is 6.54 Å². The summed E-state index contributed by atoms with van der Waals surface area (Å²) in [5, 5.41) is 7.65. The van der Waals surface area contributed by atoms with Crippen molar-refractivity contribution in [1.29, 1.82) is 0 Å². The predicted molar refractivity (Wildman–Crippen MR) is 90.0 cm³/mol. The van der Waals surface area contributed by atoms with E-state index in [-0.39, 0.29) is 12.6 Å². The van der Waals surface area contributed by atoms with Gasteiger partial charge in [-0.15, -0.1) is 0 Å². The number of nitrogens with zero attached hydrogens (tertiary/aromatic N) is 3. The first-order chi connectivity index (χ1) is 11.5. The van der Waals surface area contributed by atoms with Gasteiger partial charge in [-0.3, -0.25) is 0 Å². The van der Waals surface area contributed by atoms with Gasteiger partial charge >= 0.3 is 6.03 Å². The van der Waals surface area contributed by atoms with E-state index < -0.39 is 0 Å². The Bertz CT molecular complexity index is 693. The Morgan fingerprint density at radius 2 is 2.21 bits per heavy atom. The summed E-state index contributed by atoms with van der Waals surface area (Å²) in [6.45, 7) is 1.01. The lowest BCUT2D eigenvalue weighted by Gasteiger charge is -2.16. The number of rotatable bonds is 7. The van der Waals surface area contributed by atoms with Crippen LogP contribution in [0.2, 0.25) is 10.0 Å². The second-order valence-electron chi connectivity index (χ2n) is 5.10. The van der Waals surface area contributed by atoms with E-state index in [0.717, 1.165) is 5.56 Å². The van der Waals surface area contributed by atoms with Gasteiger partial charge in [-0.25, -0.2) is 4.79 Å². The second kappa shape index (κ2) is 8.86. The Kier molecular flexibility index (Phi) is 6.84. The molecule has 1 aromatic carbocycles. The minimum atomic E-state index is -0.280. The molecule has 1 heterocycles. The summed E-state index contributed by atoms with van der Waals surface area (Å²) < 4.78 is 10.1. The molecule has 9 heteroatoms. The maximum atomic E-state index is 12.1. The lowest BCUT2D eigenvalue weighted by Crippen LogP contribution is -2.36. The highest BCUT2D eigenvalue weighted by atomic mass is 35.5. The first kappa shape index (κ1) is 18.5. The number of nitrogens with one attached hydrogen (secondary N) is 1. The fourth-order valence-electron chi connectivity index (χ4n) is 1.89. The molecule has 7 nitrogen and oxygen atoms in total. The number of halogens is 2. The molecule has 2 rings (SSSR count). The van der Waals surface area contributed by atoms with Crippen LogP contribution in [0.4, 0.5) is 4.79 Å². The molecule has 1 N–H and O–H groups in total. The molecule has 0 saturated heterocycles. The Hall–Kier alpha value is -1.83. The smallest absolute Gasteiger partial charge is 0.317 e. The Morgan fingerprint density at radius 1 is 1.42 bits per heavy atom. The third kappa shape index (κ3) is 5.36. The monoisotopic (exact) mass is 372 g/mol. The highest BCUT2D eigenvalue weighted by molar-refractivity contribution is 6.35. The van der Waals surface area contributed by atoms with Gasteiger partial charge in [0.05, 0.1) is 6.61 Å². The van der Waals surface area contributed by atoms with Crippen molar-refractivity contribution in [2.45, 2.75) is 19.5 Å². The number of amides is 2. The zero-order valence-corrected chi connectivity index (χ0v) is 14.9. The van der Waals surface area contributed by atoms with Crippen LogP contribution in [0.5, 0.6) is 0 Å². The van der Waals surface area contributed by atoms with Crippen LogP contribution in [0.15, 0.2) is 22.7 Å². The van der Waals surface area contributed by atoms with E-state index in [1.807, 2.05) is 0 Å². The van der Waals surface area contributed by atoms with Crippen LogP contribution in [0.3, 0.4) is 0 Å². The summed E-state index contributed by atoms with van der Waals surface area (Å²) >= 11 is 11.9. The number of hydrogen-bond acceptors (Lipinski definition) is 5. The molecule has 0 bridgehead atoms. The Balaban J connectivity index is 1.84. The van der Waals surface area contributed by atoms with E-state index in [9.17, 15) is 4.79 Å². The maximum Gasteiger partial charge on any atom is 0.317 e. The molecule has 0 aliphatic rings. The first-order valence-corrected chi connectivity index (χ1v) is 7.98. The van der Waals surface area contributed by atoms with Gasteiger partial charge in [0.15, 0.2) is 5.82 Å². The molecule has 2 aromatic rings. The molecule has 0 atom stereocenters. The normalized spacial score (nSPS) is 10.7. The fourth-order valence-corrected chi connectivity index (χ4v) is 2.37. The van der Waals surface area contributed by atoms with Crippen molar-refractivity contribution < 1.29 is 14.1 Å². The van der Waals surface area contributed by atoms with Crippen LogP contribution >= 0.6 is 23.2 Å². The van der Waals surface area contributed by atoms with E-state index in [2.05, 4.69) is 15.5 Å². The van der Waals surface area contributed by atoms with Gasteiger partial charge in [-0.2, -0.15) is 4.98 Å². The van der Waals surface area contributed by atoms with E-state index in [0.29, 0.717) is 41.3 Å². The van der Waals surface area contributed by atoms with Gasteiger partial charge in [-0.05, 0) is 17.7 Å². The van der Waals surface area contributed by atoms with Crippen molar-refractivity contribution >= 4 is 29.2 Å². The predicted octanol–water partition coefficient (Wildman–Crippen LogP) is 2.91. The molecule has 0 saturated carbocycles. The number of hydrogen-bond donors (Lipinski definition) is 1. The zero-order valence-electron chi connectivity index (χ0n) is 13.4. The fraction of sp³-hybridized carbons (Fsp3) is 0.400. The molecule has 0 fully saturated rings. The van der Waals surface area contributed by atoms with Crippen LogP contribution in [-0.2, 0) is 24.2 Å². The average molecular weight is 373 g/mol. The number of methoxy groups -OCH3 is 1. The zero-order chi connectivity index (χ0) is 17.5. The third-order valence-corrected chi connectivity index (χ3v) is 3.79. The molecular formula is C15H18Cl2N4O3. The molecule has 0 aliphatic carbocycles. The molecule has 0 aliphatic heterocycles. The number of carbonyl (C=O) groups is 1. The highest BCUT2D eigenvalue weighted by Crippen LogP contribution is 2.20. The summed E-state index contributed by atoms with van der Waals surface area (Å²) in [5.74, 6) is 0.914. The van der Waals surface area contributed by atoms with Crippen LogP contribution < -0.4 is 5.32 Å². The summed E-state index contributed by atoms with van der Waals surface area (Å²) in [7, 11) is 3.24. The molecule has 0 radical (unpaired) electrons. The summed E-state index contributed by atoms with van der Waals surface area (Å²) in [4.78, 5) is 17.8. The lowest BCUT2D eigenvalue weighted by molar-refractivity contribution is 0.198. The topological polar surface area (TPSA) is 80.5 Å². The van der Waals surface area contributed by atoms with Gasteiger partial charge in [0, 0.05) is 37.2 Å². The van der Waals surface area contributed by atoms with E-state index in [4.69, 9.17) is 32.5 Å². The van der Waals surface area contributed by atoms with Crippen LogP contribution in [-0.4, -0.2) is 41.8 Å². The summed E-state index contributed by atoms with van der Waals surface area (Å²) in [6, 6.07) is 4.84. The molecular weight excluding hydrogens is 355 g/mol. The van der Waals surface area contributed by atoms with Crippen LogP contribution in [0.1, 0.15) is 17.3 Å². The van der Waals surface area contributed by atoms with Crippen molar-refractivity contribution in [2.24, 2.45) is 0 Å². The van der Waals surface area contributed by atoms with Gasteiger partial charge < -0.3 is 19.5 Å². The summed E-state index contributed by atoms with van der Waals surface area (Å²) in [6.07, 6.45) is 0.560. The lowest BCUT2D eigenvalue weighted by atomic mass is 10.2. The maximum absolute atomic E-state index is 12.1. The standard InChI is InChI=1S/C15H18Cl2N4O3/c1-21(9-14-19-13(20-24-14)5-6-23-2)15(22)18-8-10-3-4-11(16)7-12(10)17/h3-4,7H,5-6,8-9H2,1-2H3,(H,18,22). The van der Waals surface area contributed by atoms with Crippen molar-refractivity contribution in [2.75, 3.05) is 20.8 Å². The molecule has 0 spiro atoms. The third-order valence-electron chi connectivity index (χ3n) is 3.20. The quantitative estimate of drug-likeness (QED) is 0.807. The highest BCUT2D eigenvalue weighted by Gasteiger charge is 2.14. The molecule has 130 valence electrons. The SMILES string of the molecule is COCCc1noc(CN(C)C(=O)NCc2ccc(Cl)cc2Cl)n1. The van der Waals surface area contributed by atoms with Crippen molar-refractivity contribution in [3.63, 3.8) is 0 Å². The number of urea groups is 1. The Morgan fingerprint density at radius 3 is 2.92 bits per heavy atom. The minimum absolute atomic E-state index is 0.208. The molecule has 2 amide bonds. The molecule has 24 heavy (non-hydrogen) atoms. The van der Waals surface area contributed by atoms with Gasteiger partial charge in [-0.1, -0.05) is 34.4 Å². The van der Waals surface area contributed by atoms with Crippen molar-refractivity contribution in [1.82, 2.24) is 20.4 Å². The van der Waals surface area contributed by atoms with E-state index >= 15 is 0 Å². The van der Waals surface area contributed by atoms with Gasteiger partial charge in [0.2, 0.25) is 5.89 Å². The van der Waals surface area contributed by atoms with Crippen LogP contribution in [0, 0.1) is 0 Å². The van der Waals surface area contributed by atoms with Crippen molar-refractivity contribution in [3.05, 3.63) is 45.5 Å². The number of benzene rings is 1. The molecule has 1 aromatic heterocycles. The van der Waals surface area contributed by atoms with Gasteiger partial charge in [0.25, 0.3) is 0 Å². The van der Waals surface area contributed by atoms with E-state index in [1.54, 1.807) is 32.4 Å². The average Bonchev–Trinajstić information content (AvgIpc) is 2.99. The second-order valence-corrected chi connectivity index (χ2v) is 5.94. The minimum Gasteiger partial charge on any atom is -0.384 e. The first-order valence-electron chi connectivity index (χ1n) is 7.23. The number of aromatic nitrogens is 2. The van der Waals surface area contributed by atoms with Crippen LogP contribution in [0.25, 0.3) is 0 Å². The number of carbonyl (C=O) groups excluding carboxylic acids is 1. The van der Waals surface area contributed by atoms with E-state index in [1.165, 1.54) is 4.90 Å².